The van der Waals surface area contributed by atoms with Crippen molar-refractivity contribution in [3.63, 3.8) is 0 Å². The minimum absolute atomic E-state index is 0.0350. The van der Waals surface area contributed by atoms with E-state index < -0.39 is 18.2 Å². The van der Waals surface area contributed by atoms with Crippen molar-refractivity contribution in [2.45, 2.75) is 57.7 Å². The zero-order valence-electron chi connectivity index (χ0n) is 10.1. The van der Waals surface area contributed by atoms with E-state index in [1.165, 1.54) is 0 Å². The van der Waals surface area contributed by atoms with E-state index in [-0.39, 0.29) is 18.3 Å². The Morgan fingerprint density at radius 1 is 1.35 bits per heavy atom. The van der Waals surface area contributed by atoms with Gasteiger partial charge in [0.2, 0.25) is 0 Å². The molecule has 1 rings (SSSR count). The van der Waals surface area contributed by atoms with Crippen LogP contribution in [-0.4, -0.2) is 29.3 Å². The van der Waals surface area contributed by atoms with Crippen LogP contribution >= 0.6 is 0 Å². The van der Waals surface area contributed by atoms with Gasteiger partial charge >= 0.3 is 11.9 Å². The van der Waals surface area contributed by atoms with Crippen LogP contribution in [0.1, 0.15) is 45.4 Å². The number of aliphatic hydroxyl groups excluding tert-OH is 1. The average molecular weight is 243 g/mol. The maximum absolute atomic E-state index is 11.3. The fourth-order valence-corrected chi connectivity index (χ4v) is 2.19. The number of esters is 1. The van der Waals surface area contributed by atoms with Gasteiger partial charge in [0.1, 0.15) is 6.10 Å². The summed E-state index contributed by atoms with van der Waals surface area (Å²) >= 11 is 0. The van der Waals surface area contributed by atoms with Gasteiger partial charge in [-0.2, -0.15) is 0 Å². The normalized spacial score (nSPS) is 28.7. The van der Waals surface area contributed by atoms with Crippen molar-refractivity contribution in [2.24, 2.45) is 5.92 Å². The molecule has 1 aliphatic rings. The Hall–Kier alpha value is -1.10. The number of rotatable bonds is 5. The lowest BCUT2D eigenvalue weighted by atomic mass is 9.83. The molecule has 0 aromatic carbocycles. The van der Waals surface area contributed by atoms with Crippen molar-refractivity contribution in [1.29, 1.82) is 0 Å². The lowest BCUT2D eigenvalue weighted by Gasteiger charge is -2.31. The van der Waals surface area contributed by atoms with Crippen LogP contribution in [0.3, 0.4) is 0 Å². The highest BCUT2D eigenvalue weighted by molar-refractivity contribution is 5.69. The fourth-order valence-electron chi connectivity index (χ4n) is 2.19. The second kappa shape index (κ2) is 6.59. The highest BCUT2D eigenvalue weighted by Crippen LogP contribution is 2.29. The molecule has 0 amide bonds. The van der Waals surface area contributed by atoms with E-state index >= 15 is 0 Å². The first-order valence-electron chi connectivity index (χ1n) is 6.10. The lowest BCUT2D eigenvalue weighted by molar-refractivity contribution is -0.160. The maximum atomic E-state index is 11.3. The van der Waals surface area contributed by atoms with Crippen LogP contribution in [0.15, 0.2) is 0 Å². The molecular weight excluding hydrogens is 224 g/mol. The molecule has 0 bridgehead atoms. The summed E-state index contributed by atoms with van der Waals surface area (Å²) in [5.41, 5.74) is 0. The van der Waals surface area contributed by atoms with E-state index in [0.29, 0.717) is 25.7 Å². The summed E-state index contributed by atoms with van der Waals surface area (Å²) in [6, 6.07) is 0. The smallest absolute Gasteiger partial charge is 0.355 e. The quantitative estimate of drug-likeness (QED) is 0.735. The molecule has 17 heavy (non-hydrogen) atoms. The number of ether oxygens (including phenoxy) is 1. The average Bonchev–Trinajstić information content (AvgIpc) is 2.21. The summed E-state index contributed by atoms with van der Waals surface area (Å²) in [7, 11) is 0. The molecule has 1 N–H and O–H groups in total. The van der Waals surface area contributed by atoms with Crippen LogP contribution < -0.4 is 0 Å². The molecular formula is C12H19O5. The minimum atomic E-state index is -1.09. The van der Waals surface area contributed by atoms with Crippen LogP contribution in [0.4, 0.5) is 0 Å². The van der Waals surface area contributed by atoms with Crippen LogP contribution in [0.25, 0.3) is 0 Å². The number of hydrogen-bond donors (Lipinski definition) is 1. The van der Waals surface area contributed by atoms with Gasteiger partial charge in [0.25, 0.3) is 0 Å². The molecule has 0 spiro atoms. The van der Waals surface area contributed by atoms with E-state index in [2.05, 4.69) is 0 Å². The molecule has 1 radical (unpaired) electrons. The Morgan fingerprint density at radius 3 is 2.59 bits per heavy atom. The third kappa shape index (κ3) is 4.73. The fraction of sp³-hybridized carbons (Fsp3) is 0.833. The van der Waals surface area contributed by atoms with Gasteiger partial charge in [0, 0.05) is 6.42 Å². The molecule has 0 saturated heterocycles. The summed E-state index contributed by atoms with van der Waals surface area (Å²) in [6.07, 6.45) is 1.33. The van der Waals surface area contributed by atoms with Gasteiger partial charge in [-0.1, -0.05) is 6.92 Å². The zero-order valence-corrected chi connectivity index (χ0v) is 10.1. The lowest BCUT2D eigenvalue weighted by Crippen LogP contribution is -2.37. The number of carbonyl (C=O) groups is 2. The van der Waals surface area contributed by atoms with E-state index in [1.807, 2.05) is 6.92 Å². The molecule has 1 aliphatic carbocycles. The standard InChI is InChI=1S/C12H19O5/c1-2-3-12(16)17-10-5-4-8(6-9(10)13)7-11(14)15/h8-10,13H,2-7H2,1H3. The third-order valence-corrected chi connectivity index (χ3v) is 3.06. The summed E-state index contributed by atoms with van der Waals surface area (Å²) in [4.78, 5) is 21.7. The first kappa shape index (κ1) is 14.0. The van der Waals surface area contributed by atoms with E-state index in [9.17, 15) is 19.8 Å². The highest BCUT2D eigenvalue weighted by atomic mass is 16.6. The first-order valence-corrected chi connectivity index (χ1v) is 6.10. The number of hydrogen-bond acceptors (Lipinski definition) is 4. The third-order valence-electron chi connectivity index (χ3n) is 3.06. The predicted octanol–water partition coefficient (Wildman–Crippen LogP) is 1.21. The minimum Gasteiger partial charge on any atom is -0.460 e. The van der Waals surface area contributed by atoms with Crippen molar-refractivity contribution in [3.8, 4) is 0 Å². The Morgan fingerprint density at radius 2 is 2.06 bits per heavy atom. The van der Waals surface area contributed by atoms with Gasteiger partial charge in [-0.05, 0) is 31.6 Å². The Kier molecular flexibility index (Phi) is 5.41. The molecule has 0 aromatic rings. The van der Waals surface area contributed by atoms with Crippen LogP contribution in [0.5, 0.6) is 0 Å². The Labute approximate surface area is 101 Å². The molecule has 3 atom stereocenters. The molecule has 0 aromatic heterocycles. The maximum Gasteiger partial charge on any atom is 0.355 e. The van der Waals surface area contributed by atoms with Crippen molar-refractivity contribution >= 4 is 11.9 Å². The van der Waals surface area contributed by atoms with Crippen LogP contribution in [0.2, 0.25) is 0 Å². The largest absolute Gasteiger partial charge is 0.460 e. The van der Waals surface area contributed by atoms with Crippen molar-refractivity contribution < 1.29 is 24.5 Å². The van der Waals surface area contributed by atoms with Gasteiger partial charge in [0.05, 0.1) is 12.5 Å². The molecule has 5 heteroatoms. The second-order valence-corrected chi connectivity index (χ2v) is 4.60. The van der Waals surface area contributed by atoms with E-state index in [0.717, 1.165) is 6.42 Å². The van der Waals surface area contributed by atoms with Gasteiger partial charge in [-0.3, -0.25) is 4.79 Å². The predicted molar refractivity (Wildman–Crippen MR) is 58.4 cm³/mol. The van der Waals surface area contributed by atoms with Crippen molar-refractivity contribution in [2.75, 3.05) is 0 Å². The summed E-state index contributed by atoms with van der Waals surface area (Å²) in [6.45, 7) is 1.88. The second-order valence-electron chi connectivity index (χ2n) is 4.60. The molecule has 5 nitrogen and oxygen atoms in total. The van der Waals surface area contributed by atoms with Gasteiger partial charge in [-0.25, -0.2) is 9.90 Å². The summed E-state index contributed by atoms with van der Waals surface area (Å²) < 4.78 is 5.15. The highest BCUT2D eigenvalue weighted by Gasteiger charge is 2.32. The summed E-state index contributed by atoms with van der Waals surface area (Å²) in [5, 5.41) is 20.2. The topological polar surface area (TPSA) is 83.5 Å². The molecule has 1 saturated carbocycles. The molecule has 0 heterocycles. The van der Waals surface area contributed by atoms with Crippen LogP contribution in [-0.2, 0) is 19.4 Å². The molecule has 97 valence electrons. The zero-order chi connectivity index (χ0) is 12.8. The van der Waals surface area contributed by atoms with E-state index in [4.69, 9.17) is 4.74 Å². The molecule has 3 unspecified atom stereocenters. The Balaban J connectivity index is 2.37. The first-order chi connectivity index (χ1) is 8.02. The van der Waals surface area contributed by atoms with E-state index in [1.54, 1.807) is 0 Å². The number of carbonyl (C=O) groups excluding carboxylic acids is 2. The molecule has 1 fully saturated rings. The monoisotopic (exact) mass is 243 g/mol. The van der Waals surface area contributed by atoms with Gasteiger partial charge in [0.15, 0.2) is 0 Å². The number of aliphatic hydroxyl groups is 1. The van der Waals surface area contributed by atoms with Gasteiger partial charge < -0.3 is 9.84 Å². The summed E-state index contributed by atoms with van der Waals surface area (Å²) in [5.74, 6) is -1.46. The van der Waals surface area contributed by atoms with Crippen LogP contribution in [0, 0.1) is 5.92 Å². The Bertz CT molecular complexity index is 276. The van der Waals surface area contributed by atoms with Crippen molar-refractivity contribution in [1.82, 2.24) is 0 Å². The SMILES string of the molecule is CCCC(=O)OC1CCC(CC([O])=O)CC1O. The van der Waals surface area contributed by atoms with Gasteiger partial charge in [-0.15, -0.1) is 0 Å². The molecule has 0 aliphatic heterocycles. The van der Waals surface area contributed by atoms with Crippen molar-refractivity contribution in [3.05, 3.63) is 0 Å².